The zero-order chi connectivity index (χ0) is 14.8. The van der Waals surface area contributed by atoms with Crippen molar-refractivity contribution in [3.05, 3.63) is 58.3 Å². The molecule has 0 fully saturated rings. The smallest absolute Gasteiger partial charge is 0.293 e. The highest BCUT2D eigenvalue weighted by Gasteiger charge is 2.14. The molecule has 21 heavy (non-hydrogen) atoms. The third-order valence-corrected chi connectivity index (χ3v) is 3.26. The summed E-state index contributed by atoms with van der Waals surface area (Å²) in [7, 11) is 0. The number of nitrogens with zero attached hydrogens (tertiary/aromatic N) is 2. The molecule has 0 aliphatic heterocycles. The first-order valence-corrected chi connectivity index (χ1v) is 6.59. The van der Waals surface area contributed by atoms with E-state index in [4.69, 9.17) is 26.3 Å². The summed E-state index contributed by atoms with van der Waals surface area (Å²) in [5.41, 5.74) is 6.19. The van der Waals surface area contributed by atoms with E-state index in [0.29, 0.717) is 40.9 Å². The van der Waals surface area contributed by atoms with Crippen molar-refractivity contribution in [3.63, 3.8) is 0 Å². The van der Waals surface area contributed by atoms with Gasteiger partial charge in [0.2, 0.25) is 0 Å². The van der Waals surface area contributed by atoms with Crippen LogP contribution in [-0.4, -0.2) is 10.1 Å². The van der Waals surface area contributed by atoms with Gasteiger partial charge in [-0.05, 0) is 29.8 Å². The maximum absolute atomic E-state index is 13.0. The van der Waals surface area contributed by atoms with Gasteiger partial charge in [-0.15, -0.1) is 0 Å². The molecule has 2 N–H and O–H groups in total. The molecule has 5 nitrogen and oxygen atoms in total. The molecule has 0 atom stereocenters. The van der Waals surface area contributed by atoms with E-state index in [2.05, 4.69) is 10.1 Å². The second-order valence-corrected chi connectivity index (χ2v) is 4.81. The van der Waals surface area contributed by atoms with Gasteiger partial charge in [0.05, 0.1) is 6.54 Å². The Hall–Kier alpha value is -2.18. The predicted molar refractivity (Wildman–Crippen MR) is 74.1 cm³/mol. The van der Waals surface area contributed by atoms with Crippen LogP contribution in [0.25, 0.3) is 11.7 Å². The second-order valence-electron chi connectivity index (χ2n) is 4.40. The van der Waals surface area contributed by atoms with Gasteiger partial charge in [0.1, 0.15) is 11.6 Å². The summed E-state index contributed by atoms with van der Waals surface area (Å²) in [6, 6.07) is 7.63. The molecule has 3 rings (SSSR count). The molecule has 2 aromatic heterocycles. The fourth-order valence-electron chi connectivity index (χ4n) is 1.86. The van der Waals surface area contributed by atoms with Gasteiger partial charge in [-0.2, -0.15) is 4.98 Å². The first-order chi connectivity index (χ1) is 10.2. The average Bonchev–Trinajstić information content (AvgIpc) is 3.10. The fourth-order valence-corrected chi connectivity index (χ4v) is 2.10. The summed E-state index contributed by atoms with van der Waals surface area (Å²) in [4.78, 5) is 4.22. The molecule has 0 unspecified atom stereocenters. The predicted octanol–water partition coefficient (Wildman–Crippen LogP) is 3.17. The van der Waals surface area contributed by atoms with Crippen LogP contribution in [0.1, 0.15) is 17.1 Å². The molecule has 7 heteroatoms. The molecule has 108 valence electrons. The van der Waals surface area contributed by atoms with E-state index in [1.54, 1.807) is 18.2 Å². The van der Waals surface area contributed by atoms with Crippen molar-refractivity contribution in [2.24, 2.45) is 5.73 Å². The second kappa shape index (κ2) is 5.67. The van der Waals surface area contributed by atoms with E-state index < -0.39 is 0 Å². The number of nitrogens with two attached hydrogens (primary N) is 1. The van der Waals surface area contributed by atoms with Crippen LogP contribution < -0.4 is 5.73 Å². The molecule has 0 bridgehead atoms. The highest BCUT2D eigenvalue weighted by Crippen LogP contribution is 2.23. The van der Waals surface area contributed by atoms with Gasteiger partial charge in [-0.3, -0.25) is 0 Å². The first kappa shape index (κ1) is 13.8. The van der Waals surface area contributed by atoms with Crippen molar-refractivity contribution in [1.29, 1.82) is 0 Å². The molecule has 0 amide bonds. The van der Waals surface area contributed by atoms with Crippen LogP contribution >= 0.6 is 11.6 Å². The normalized spacial score (nSPS) is 11.0. The molecule has 2 heterocycles. The van der Waals surface area contributed by atoms with E-state index in [9.17, 15) is 4.39 Å². The summed E-state index contributed by atoms with van der Waals surface area (Å²) >= 11 is 5.97. The summed E-state index contributed by atoms with van der Waals surface area (Å²) in [5.74, 6) is 1.40. The minimum Gasteiger partial charge on any atom is -0.455 e. The molecule has 0 spiro atoms. The van der Waals surface area contributed by atoms with Gasteiger partial charge in [0.15, 0.2) is 11.6 Å². The maximum atomic E-state index is 13.0. The number of rotatable bonds is 4. The lowest BCUT2D eigenvalue weighted by molar-refractivity contribution is 0.406. The van der Waals surface area contributed by atoms with Crippen LogP contribution in [0.3, 0.4) is 0 Å². The first-order valence-electron chi connectivity index (χ1n) is 6.21. The van der Waals surface area contributed by atoms with Crippen molar-refractivity contribution in [2.75, 3.05) is 0 Å². The summed E-state index contributed by atoms with van der Waals surface area (Å²) < 4.78 is 23.5. The average molecular weight is 308 g/mol. The molecular formula is C14H11ClFN3O2. The topological polar surface area (TPSA) is 78.1 Å². The summed E-state index contributed by atoms with van der Waals surface area (Å²) in [5, 5.41) is 4.18. The Labute approximate surface area is 124 Å². The van der Waals surface area contributed by atoms with Crippen molar-refractivity contribution < 1.29 is 13.3 Å². The molecule has 1 aromatic carbocycles. The van der Waals surface area contributed by atoms with Crippen LogP contribution in [0, 0.1) is 5.82 Å². The van der Waals surface area contributed by atoms with Crippen LogP contribution in [0.5, 0.6) is 0 Å². The molecular weight excluding hydrogens is 297 g/mol. The van der Waals surface area contributed by atoms with Crippen LogP contribution in [-0.2, 0) is 13.0 Å². The number of hydrogen-bond acceptors (Lipinski definition) is 5. The fraction of sp³-hybridized carbons (Fsp3) is 0.143. The number of aromatic nitrogens is 2. The lowest BCUT2D eigenvalue weighted by Crippen LogP contribution is -1.93. The summed E-state index contributed by atoms with van der Waals surface area (Å²) in [6.45, 7) is 0.298. The van der Waals surface area contributed by atoms with E-state index >= 15 is 0 Å². The Morgan fingerprint density at radius 3 is 2.81 bits per heavy atom. The van der Waals surface area contributed by atoms with E-state index in [-0.39, 0.29) is 11.7 Å². The number of furan rings is 1. The van der Waals surface area contributed by atoms with Gasteiger partial charge in [0, 0.05) is 11.4 Å². The SMILES string of the molecule is NCc1ccc(-c2nc(Cc3ccc(F)cc3Cl)no2)o1. The van der Waals surface area contributed by atoms with Crippen LogP contribution in [0.4, 0.5) is 4.39 Å². The summed E-state index contributed by atoms with van der Waals surface area (Å²) in [6.07, 6.45) is 0.340. The Morgan fingerprint density at radius 2 is 2.10 bits per heavy atom. The minimum atomic E-state index is -0.387. The molecule has 3 aromatic rings. The zero-order valence-electron chi connectivity index (χ0n) is 10.8. The Kier molecular flexibility index (Phi) is 3.72. The highest BCUT2D eigenvalue weighted by molar-refractivity contribution is 6.31. The molecule has 0 saturated carbocycles. The lowest BCUT2D eigenvalue weighted by Gasteiger charge is -2.00. The van der Waals surface area contributed by atoms with Gasteiger partial charge >= 0.3 is 0 Å². The number of benzene rings is 1. The van der Waals surface area contributed by atoms with Crippen LogP contribution in [0.15, 0.2) is 39.3 Å². The third-order valence-electron chi connectivity index (χ3n) is 2.91. The van der Waals surface area contributed by atoms with Crippen molar-refractivity contribution >= 4 is 11.6 Å². The third kappa shape index (κ3) is 2.96. The Bertz CT molecular complexity index is 769. The number of hydrogen-bond donors (Lipinski definition) is 1. The van der Waals surface area contributed by atoms with Gasteiger partial charge in [0.25, 0.3) is 5.89 Å². The molecule has 0 aliphatic rings. The number of halogens is 2. The quantitative estimate of drug-likeness (QED) is 0.801. The monoisotopic (exact) mass is 307 g/mol. The molecule has 0 radical (unpaired) electrons. The zero-order valence-corrected chi connectivity index (χ0v) is 11.6. The van der Waals surface area contributed by atoms with Crippen molar-refractivity contribution in [2.45, 2.75) is 13.0 Å². The lowest BCUT2D eigenvalue weighted by atomic mass is 10.1. The van der Waals surface area contributed by atoms with E-state index in [1.807, 2.05) is 0 Å². The molecule has 0 saturated heterocycles. The van der Waals surface area contributed by atoms with E-state index in [0.717, 1.165) is 0 Å². The van der Waals surface area contributed by atoms with Gasteiger partial charge in [-0.1, -0.05) is 22.8 Å². The van der Waals surface area contributed by atoms with Crippen molar-refractivity contribution in [1.82, 2.24) is 10.1 Å². The van der Waals surface area contributed by atoms with E-state index in [1.165, 1.54) is 12.1 Å². The van der Waals surface area contributed by atoms with Gasteiger partial charge in [-0.25, -0.2) is 4.39 Å². The maximum Gasteiger partial charge on any atom is 0.293 e. The Balaban J connectivity index is 1.81. The van der Waals surface area contributed by atoms with Gasteiger partial charge < -0.3 is 14.7 Å². The Morgan fingerprint density at radius 1 is 1.24 bits per heavy atom. The highest BCUT2D eigenvalue weighted by atomic mass is 35.5. The van der Waals surface area contributed by atoms with Crippen molar-refractivity contribution in [3.8, 4) is 11.7 Å². The largest absolute Gasteiger partial charge is 0.455 e. The standard InChI is InChI=1S/C14H11ClFN3O2/c15-11-6-9(16)2-1-8(11)5-13-18-14(21-19-13)12-4-3-10(7-17)20-12/h1-4,6H,5,7,17H2. The van der Waals surface area contributed by atoms with Crippen LogP contribution in [0.2, 0.25) is 5.02 Å². The molecule has 0 aliphatic carbocycles. The minimum absolute atomic E-state index is 0.267.